The zero-order chi connectivity index (χ0) is 25.1. The van der Waals surface area contributed by atoms with Crippen molar-refractivity contribution in [1.82, 2.24) is 14.8 Å². The highest BCUT2D eigenvalue weighted by Crippen LogP contribution is 2.31. The van der Waals surface area contributed by atoms with Crippen molar-refractivity contribution >= 4 is 11.7 Å². The van der Waals surface area contributed by atoms with Crippen molar-refractivity contribution in [1.29, 1.82) is 0 Å². The van der Waals surface area contributed by atoms with E-state index in [0.717, 1.165) is 49.7 Å². The van der Waals surface area contributed by atoms with Gasteiger partial charge in [0, 0.05) is 38.3 Å². The van der Waals surface area contributed by atoms with E-state index in [1.807, 2.05) is 35.2 Å². The van der Waals surface area contributed by atoms with E-state index in [2.05, 4.69) is 72.0 Å². The van der Waals surface area contributed by atoms with Gasteiger partial charge in [0.05, 0.1) is 12.2 Å². The minimum Gasteiger partial charge on any atom is -0.487 e. The van der Waals surface area contributed by atoms with Gasteiger partial charge in [-0.05, 0) is 50.5 Å². The number of hydrogen-bond donors (Lipinski definition) is 0. The molecule has 5 rings (SSSR count). The fraction of sp³-hybridized carbons (Fsp3) is 0.400. The Labute approximate surface area is 214 Å². The molecule has 2 aliphatic rings. The summed E-state index contributed by atoms with van der Waals surface area (Å²) in [5, 5.41) is 0. The number of carbonyl (C=O) groups is 1. The van der Waals surface area contributed by atoms with Crippen LogP contribution in [0.25, 0.3) is 0 Å². The second kappa shape index (κ2) is 10.3. The van der Waals surface area contributed by atoms with Crippen LogP contribution < -0.4 is 9.64 Å². The van der Waals surface area contributed by atoms with Crippen LogP contribution in [0.1, 0.15) is 37.0 Å². The fourth-order valence-corrected chi connectivity index (χ4v) is 5.41. The molecular formula is C30H36N4O2. The first-order valence-corrected chi connectivity index (χ1v) is 12.9. The van der Waals surface area contributed by atoms with Crippen molar-refractivity contribution in [3.63, 3.8) is 0 Å². The summed E-state index contributed by atoms with van der Waals surface area (Å²) in [5.74, 6) is 1.98. The number of amides is 1. The average Bonchev–Trinajstić information content (AvgIpc) is 3.24. The summed E-state index contributed by atoms with van der Waals surface area (Å²) >= 11 is 0. The van der Waals surface area contributed by atoms with Gasteiger partial charge in [-0.25, -0.2) is 4.98 Å². The van der Waals surface area contributed by atoms with Gasteiger partial charge >= 0.3 is 0 Å². The van der Waals surface area contributed by atoms with Crippen molar-refractivity contribution in [2.45, 2.75) is 51.9 Å². The molecule has 0 bridgehead atoms. The third kappa shape index (κ3) is 5.39. The van der Waals surface area contributed by atoms with Crippen molar-refractivity contribution in [3.05, 3.63) is 89.6 Å². The number of piperazine rings is 1. The van der Waals surface area contributed by atoms with E-state index in [1.54, 1.807) is 6.20 Å². The number of anilines is 1. The normalized spacial score (nSPS) is 20.1. The lowest BCUT2D eigenvalue weighted by Crippen LogP contribution is -2.63. The summed E-state index contributed by atoms with van der Waals surface area (Å²) in [6.07, 6.45) is 2.70. The Balaban J connectivity index is 1.18. The van der Waals surface area contributed by atoms with Crippen LogP contribution >= 0.6 is 0 Å². The SMILES string of the molecule is Cc1ccc(CN2CCC(N3CCN(c4ccc(OCc5ccccc5)cn4)CC3(C)C)C2=O)cc1. The zero-order valence-corrected chi connectivity index (χ0v) is 21.6. The minimum atomic E-state index is -0.136. The van der Waals surface area contributed by atoms with Crippen molar-refractivity contribution < 1.29 is 9.53 Å². The van der Waals surface area contributed by atoms with Crippen molar-refractivity contribution in [2.24, 2.45) is 0 Å². The smallest absolute Gasteiger partial charge is 0.240 e. The van der Waals surface area contributed by atoms with E-state index in [1.165, 1.54) is 11.1 Å². The molecule has 2 aliphatic heterocycles. The van der Waals surface area contributed by atoms with Gasteiger partial charge in [-0.2, -0.15) is 0 Å². The molecular weight excluding hydrogens is 448 g/mol. The molecule has 1 atom stereocenters. The Morgan fingerprint density at radius 2 is 1.72 bits per heavy atom. The largest absolute Gasteiger partial charge is 0.487 e. The number of aryl methyl sites for hydroxylation is 1. The first-order valence-electron chi connectivity index (χ1n) is 12.9. The van der Waals surface area contributed by atoms with Gasteiger partial charge in [-0.3, -0.25) is 9.69 Å². The quantitative estimate of drug-likeness (QED) is 0.488. The highest BCUT2D eigenvalue weighted by Gasteiger charge is 2.44. The average molecular weight is 485 g/mol. The molecule has 0 aliphatic carbocycles. The number of nitrogens with zero attached hydrogens (tertiary/aromatic N) is 4. The van der Waals surface area contributed by atoms with Crippen molar-refractivity contribution in [2.75, 3.05) is 31.1 Å². The van der Waals surface area contributed by atoms with Crippen LogP contribution in [-0.2, 0) is 17.9 Å². The first kappa shape index (κ1) is 24.3. The maximum atomic E-state index is 13.4. The van der Waals surface area contributed by atoms with Crippen LogP contribution in [0.2, 0.25) is 0 Å². The number of hydrogen-bond acceptors (Lipinski definition) is 5. The molecule has 1 amide bonds. The molecule has 6 nitrogen and oxygen atoms in total. The lowest BCUT2D eigenvalue weighted by molar-refractivity contribution is -0.134. The Bertz CT molecular complexity index is 1160. The lowest BCUT2D eigenvalue weighted by atomic mass is 9.95. The van der Waals surface area contributed by atoms with E-state index >= 15 is 0 Å². The van der Waals surface area contributed by atoms with E-state index in [-0.39, 0.29) is 17.5 Å². The molecule has 2 aromatic carbocycles. The van der Waals surface area contributed by atoms with Crippen LogP contribution in [0.15, 0.2) is 72.9 Å². The van der Waals surface area contributed by atoms with Gasteiger partial charge in [0.1, 0.15) is 18.2 Å². The molecule has 0 saturated carbocycles. The number of aromatic nitrogens is 1. The molecule has 0 radical (unpaired) electrons. The molecule has 2 fully saturated rings. The van der Waals surface area contributed by atoms with Crippen LogP contribution in [0.5, 0.6) is 5.75 Å². The predicted molar refractivity (Wildman–Crippen MR) is 143 cm³/mol. The number of carbonyl (C=O) groups excluding carboxylic acids is 1. The number of rotatable bonds is 7. The summed E-state index contributed by atoms with van der Waals surface area (Å²) in [4.78, 5) is 24.8. The summed E-state index contributed by atoms with van der Waals surface area (Å²) in [6.45, 7) is 11.1. The molecule has 0 N–H and O–H groups in total. The van der Waals surface area contributed by atoms with E-state index in [4.69, 9.17) is 4.74 Å². The third-order valence-electron chi connectivity index (χ3n) is 7.40. The topological polar surface area (TPSA) is 48.9 Å². The second-order valence-corrected chi connectivity index (χ2v) is 10.6. The Kier molecular flexibility index (Phi) is 6.97. The Hall–Kier alpha value is -3.38. The van der Waals surface area contributed by atoms with Gasteiger partial charge in [-0.1, -0.05) is 60.2 Å². The molecule has 36 heavy (non-hydrogen) atoms. The van der Waals surface area contributed by atoms with Crippen LogP contribution in [0.3, 0.4) is 0 Å². The minimum absolute atomic E-state index is 0.0469. The van der Waals surface area contributed by atoms with Gasteiger partial charge in [0.15, 0.2) is 0 Å². The molecule has 3 aromatic rings. The molecule has 2 saturated heterocycles. The fourth-order valence-electron chi connectivity index (χ4n) is 5.41. The molecule has 0 spiro atoms. The van der Waals surface area contributed by atoms with Crippen LogP contribution in [0, 0.1) is 6.92 Å². The third-order valence-corrected chi connectivity index (χ3v) is 7.40. The zero-order valence-electron chi connectivity index (χ0n) is 21.6. The first-order chi connectivity index (χ1) is 17.4. The van der Waals surface area contributed by atoms with Crippen LogP contribution in [0.4, 0.5) is 5.82 Å². The Morgan fingerprint density at radius 3 is 2.42 bits per heavy atom. The van der Waals surface area contributed by atoms with Gasteiger partial charge < -0.3 is 14.5 Å². The summed E-state index contributed by atoms with van der Waals surface area (Å²) in [6, 6.07) is 22.6. The molecule has 1 aromatic heterocycles. The molecule has 188 valence electrons. The van der Waals surface area contributed by atoms with Gasteiger partial charge in [0.2, 0.25) is 5.91 Å². The molecule has 6 heteroatoms. The molecule has 3 heterocycles. The van der Waals surface area contributed by atoms with Gasteiger partial charge in [0.25, 0.3) is 0 Å². The lowest BCUT2D eigenvalue weighted by Gasteiger charge is -2.49. The van der Waals surface area contributed by atoms with E-state index in [9.17, 15) is 4.79 Å². The maximum Gasteiger partial charge on any atom is 0.240 e. The monoisotopic (exact) mass is 484 g/mol. The summed E-state index contributed by atoms with van der Waals surface area (Å²) in [7, 11) is 0. The number of likely N-dealkylation sites (tertiary alicyclic amines) is 1. The van der Waals surface area contributed by atoms with E-state index < -0.39 is 0 Å². The van der Waals surface area contributed by atoms with Crippen molar-refractivity contribution in [3.8, 4) is 5.75 Å². The van der Waals surface area contributed by atoms with Crippen LogP contribution in [-0.4, -0.2) is 58.5 Å². The van der Waals surface area contributed by atoms with Gasteiger partial charge in [-0.15, -0.1) is 0 Å². The number of benzene rings is 2. The predicted octanol–water partition coefficient (Wildman–Crippen LogP) is 4.67. The maximum absolute atomic E-state index is 13.4. The summed E-state index contributed by atoms with van der Waals surface area (Å²) < 4.78 is 5.90. The molecule has 1 unspecified atom stereocenters. The standard InChI is InChI=1S/C30H36N4O2/c1-23-9-11-24(12-10-23)20-32-16-15-27(29(32)35)34-18-17-33(22-30(34,2)3)28-14-13-26(19-31-28)36-21-25-7-5-4-6-8-25/h4-14,19,27H,15-18,20-22H2,1-3H3. The summed E-state index contributed by atoms with van der Waals surface area (Å²) in [5.41, 5.74) is 3.44. The Morgan fingerprint density at radius 1 is 0.944 bits per heavy atom. The van der Waals surface area contributed by atoms with E-state index in [0.29, 0.717) is 13.2 Å². The highest BCUT2D eigenvalue weighted by molar-refractivity contribution is 5.84. The second-order valence-electron chi connectivity index (χ2n) is 10.6. The number of ether oxygens (including phenoxy) is 1. The highest BCUT2D eigenvalue weighted by atomic mass is 16.5. The number of pyridine rings is 1.